The molecular weight excluding hydrogens is 152 g/mol. The van der Waals surface area contributed by atoms with E-state index in [4.69, 9.17) is 5.26 Å². The molecule has 0 saturated heterocycles. The minimum absolute atomic E-state index is 0.358. The number of hydrogen-bond donors (Lipinski definition) is 1. The van der Waals surface area contributed by atoms with Crippen molar-refractivity contribution in [3.63, 3.8) is 0 Å². The molecule has 0 aromatic carbocycles. The van der Waals surface area contributed by atoms with Crippen LogP contribution in [0.5, 0.6) is 0 Å². The molecule has 1 aliphatic carbocycles. The van der Waals surface area contributed by atoms with E-state index in [0.29, 0.717) is 11.7 Å². The third kappa shape index (κ3) is 1.51. The van der Waals surface area contributed by atoms with Gasteiger partial charge in [-0.3, -0.25) is 0 Å². The van der Waals surface area contributed by atoms with Crippen molar-refractivity contribution in [2.24, 2.45) is 0 Å². The topological polar surface area (TPSA) is 61.6 Å². The van der Waals surface area contributed by atoms with E-state index in [9.17, 15) is 0 Å². The minimum Gasteiger partial charge on any atom is -0.366 e. The highest BCUT2D eigenvalue weighted by atomic mass is 15.2. The van der Waals surface area contributed by atoms with Crippen LogP contribution in [0.25, 0.3) is 0 Å². The number of rotatable bonds is 2. The molecule has 4 heteroatoms. The fourth-order valence-electron chi connectivity index (χ4n) is 0.906. The van der Waals surface area contributed by atoms with Gasteiger partial charge in [-0.2, -0.15) is 5.26 Å². The van der Waals surface area contributed by atoms with Crippen molar-refractivity contribution < 1.29 is 0 Å². The zero-order chi connectivity index (χ0) is 8.39. The summed E-state index contributed by atoms with van der Waals surface area (Å²) in [6.45, 7) is 0. The standard InChI is InChI=1S/C8H8N4/c9-5-7-3-4-8(12-11-7)10-6-1-2-6/h3-4,6H,1-2H2,(H,10,12). The molecule has 1 aliphatic rings. The predicted molar refractivity (Wildman–Crippen MR) is 43.4 cm³/mol. The van der Waals surface area contributed by atoms with Gasteiger partial charge in [0.2, 0.25) is 0 Å². The lowest BCUT2D eigenvalue weighted by molar-refractivity contribution is 0.984. The van der Waals surface area contributed by atoms with Gasteiger partial charge in [0, 0.05) is 6.04 Å². The Bertz CT molecular complexity index is 307. The van der Waals surface area contributed by atoms with Crippen molar-refractivity contribution in [2.75, 3.05) is 5.32 Å². The maximum atomic E-state index is 8.45. The maximum absolute atomic E-state index is 8.45. The Morgan fingerprint density at radius 1 is 1.42 bits per heavy atom. The highest BCUT2D eigenvalue weighted by molar-refractivity contribution is 5.37. The van der Waals surface area contributed by atoms with Gasteiger partial charge in [-0.15, -0.1) is 10.2 Å². The average Bonchev–Trinajstić information content (AvgIpc) is 2.90. The largest absolute Gasteiger partial charge is 0.366 e. The molecule has 0 aliphatic heterocycles. The minimum atomic E-state index is 0.358. The first kappa shape index (κ1) is 7.04. The molecule has 4 nitrogen and oxygen atoms in total. The normalized spacial score (nSPS) is 15.2. The Morgan fingerprint density at radius 2 is 2.25 bits per heavy atom. The molecule has 1 N–H and O–H groups in total. The molecule has 1 aromatic heterocycles. The Kier molecular flexibility index (Phi) is 1.63. The Balaban J connectivity index is 2.08. The lowest BCUT2D eigenvalue weighted by atomic mass is 10.4. The summed E-state index contributed by atoms with van der Waals surface area (Å²) in [6, 6.07) is 5.94. The van der Waals surface area contributed by atoms with Crippen LogP contribution in [0.1, 0.15) is 18.5 Å². The summed E-state index contributed by atoms with van der Waals surface area (Å²) in [5.74, 6) is 0.761. The van der Waals surface area contributed by atoms with E-state index >= 15 is 0 Å². The van der Waals surface area contributed by atoms with Gasteiger partial charge in [0.15, 0.2) is 5.69 Å². The summed E-state index contributed by atoms with van der Waals surface area (Å²) in [5, 5.41) is 19.2. The molecule has 12 heavy (non-hydrogen) atoms. The summed E-state index contributed by atoms with van der Waals surface area (Å²) in [5.41, 5.74) is 0.358. The number of nitriles is 1. The van der Waals surface area contributed by atoms with Crippen molar-refractivity contribution in [1.29, 1.82) is 5.26 Å². The Labute approximate surface area is 70.2 Å². The van der Waals surface area contributed by atoms with Crippen LogP contribution in [0.15, 0.2) is 12.1 Å². The quantitative estimate of drug-likeness (QED) is 0.698. The maximum Gasteiger partial charge on any atom is 0.163 e. The molecule has 0 spiro atoms. The summed E-state index contributed by atoms with van der Waals surface area (Å²) in [6.07, 6.45) is 2.42. The molecule has 0 atom stereocenters. The molecule has 1 saturated carbocycles. The second-order valence-electron chi connectivity index (χ2n) is 2.83. The molecule has 1 fully saturated rings. The number of anilines is 1. The Hall–Kier alpha value is -1.63. The van der Waals surface area contributed by atoms with Gasteiger partial charge >= 0.3 is 0 Å². The first-order valence-corrected chi connectivity index (χ1v) is 3.89. The van der Waals surface area contributed by atoms with Gasteiger partial charge in [-0.25, -0.2) is 0 Å². The van der Waals surface area contributed by atoms with Gasteiger partial charge in [0.05, 0.1) is 0 Å². The summed E-state index contributed by atoms with van der Waals surface area (Å²) in [7, 11) is 0. The number of nitrogens with zero attached hydrogens (tertiary/aromatic N) is 3. The monoisotopic (exact) mass is 160 g/mol. The smallest absolute Gasteiger partial charge is 0.163 e. The molecule has 0 bridgehead atoms. The van der Waals surface area contributed by atoms with Crippen LogP contribution in [0, 0.1) is 11.3 Å². The highest BCUT2D eigenvalue weighted by Gasteiger charge is 2.21. The number of nitrogens with one attached hydrogen (secondary N) is 1. The molecular formula is C8H8N4. The van der Waals surface area contributed by atoms with E-state index in [-0.39, 0.29) is 0 Å². The zero-order valence-corrected chi connectivity index (χ0v) is 6.49. The van der Waals surface area contributed by atoms with E-state index in [1.807, 2.05) is 6.07 Å². The number of hydrogen-bond acceptors (Lipinski definition) is 4. The molecule has 0 unspecified atom stereocenters. The van der Waals surface area contributed by atoms with Crippen molar-refractivity contribution in [1.82, 2.24) is 10.2 Å². The van der Waals surface area contributed by atoms with Crippen LogP contribution in [0.3, 0.4) is 0 Å². The molecule has 1 aromatic rings. The SMILES string of the molecule is N#Cc1ccc(NC2CC2)nn1. The molecule has 0 amide bonds. The van der Waals surface area contributed by atoms with E-state index in [0.717, 1.165) is 5.82 Å². The van der Waals surface area contributed by atoms with Crippen LogP contribution in [0.4, 0.5) is 5.82 Å². The zero-order valence-electron chi connectivity index (χ0n) is 6.49. The first-order chi connectivity index (χ1) is 5.88. The molecule has 0 radical (unpaired) electrons. The van der Waals surface area contributed by atoms with Gasteiger partial charge in [0.25, 0.3) is 0 Å². The average molecular weight is 160 g/mol. The van der Waals surface area contributed by atoms with Crippen LogP contribution < -0.4 is 5.32 Å². The molecule has 1 heterocycles. The second-order valence-corrected chi connectivity index (χ2v) is 2.83. The van der Waals surface area contributed by atoms with Crippen LogP contribution in [-0.4, -0.2) is 16.2 Å². The highest BCUT2D eigenvalue weighted by Crippen LogP contribution is 2.22. The van der Waals surface area contributed by atoms with E-state index in [1.165, 1.54) is 12.8 Å². The second kappa shape index (κ2) is 2.78. The van der Waals surface area contributed by atoms with Gasteiger partial charge in [0.1, 0.15) is 11.9 Å². The van der Waals surface area contributed by atoms with Gasteiger partial charge < -0.3 is 5.32 Å². The Morgan fingerprint density at radius 3 is 2.75 bits per heavy atom. The van der Waals surface area contributed by atoms with Crippen molar-refractivity contribution in [2.45, 2.75) is 18.9 Å². The van der Waals surface area contributed by atoms with Crippen LogP contribution in [-0.2, 0) is 0 Å². The van der Waals surface area contributed by atoms with Crippen molar-refractivity contribution in [3.8, 4) is 6.07 Å². The summed E-state index contributed by atoms with van der Waals surface area (Å²) < 4.78 is 0. The number of aromatic nitrogens is 2. The van der Waals surface area contributed by atoms with Crippen molar-refractivity contribution in [3.05, 3.63) is 17.8 Å². The predicted octanol–water partition coefficient (Wildman–Crippen LogP) is 0.923. The summed E-state index contributed by atoms with van der Waals surface area (Å²) >= 11 is 0. The van der Waals surface area contributed by atoms with Crippen LogP contribution >= 0.6 is 0 Å². The fraction of sp³-hybridized carbons (Fsp3) is 0.375. The third-order valence-corrected chi connectivity index (χ3v) is 1.71. The lowest BCUT2D eigenvalue weighted by Crippen LogP contribution is -2.03. The fourth-order valence-corrected chi connectivity index (χ4v) is 0.906. The van der Waals surface area contributed by atoms with Crippen molar-refractivity contribution >= 4 is 5.82 Å². The van der Waals surface area contributed by atoms with Gasteiger partial charge in [-0.1, -0.05) is 0 Å². The summed E-state index contributed by atoms with van der Waals surface area (Å²) in [4.78, 5) is 0. The first-order valence-electron chi connectivity index (χ1n) is 3.89. The van der Waals surface area contributed by atoms with E-state index in [1.54, 1.807) is 12.1 Å². The molecule has 2 rings (SSSR count). The molecule has 60 valence electrons. The van der Waals surface area contributed by atoms with Gasteiger partial charge in [-0.05, 0) is 25.0 Å². The van der Waals surface area contributed by atoms with E-state index in [2.05, 4.69) is 15.5 Å². The van der Waals surface area contributed by atoms with E-state index < -0.39 is 0 Å². The third-order valence-electron chi connectivity index (χ3n) is 1.71. The lowest BCUT2D eigenvalue weighted by Gasteiger charge is -1.99. The van der Waals surface area contributed by atoms with Crippen LogP contribution in [0.2, 0.25) is 0 Å².